The van der Waals surface area contributed by atoms with E-state index in [4.69, 9.17) is 11.5 Å². The lowest BCUT2D eigenvalue weighted by molar-refractivity contribution is -0.138. The Hall–Kier alpha value is -2.26. The lowest BCUT2D eigenvalue weighted by Crippen LogP contribution is -2.25. The van der Waals surface area contributed by atoms with Crippen molar-refractivity contribution in [1.29, 1.82) is 0 Å². The van der Waals surface area contributed by atoms with Gasteiger partial charge in [-0.1, -0.05) is 24.1 Å². The Morgan fingerprint density at radius 1 is 1.38 bits per heavy atom. The van der Waals surface area contributed by atoms with Crippen molar-refractivity contribution in [2.45, 2.75) is 6.18 Å². The highest BCUT2D eigenvalue weighted by molar-refractivity contribution is 5.78. The van der Waals surface area contributed by atoms with Gasteiger partial charge in [-0.3, -0.25) is 9.69 Å². The number of halogens is 3. The minimum atomic E-state index is -4.39. The third kappa shape index (κ3) is 5.32. The number of hydrogen-bond acceptors (Lipinski definition) is 2. The number of allylic oxidation sites excluding steroid dienone is 1. The average molecular weight is 297 g/mol. The summed E-state index contributed by atoms with van der Waals surface area (Å²) >= 11 is 0. The zero-order valence-electron chi connectivity index (χ0n) is 11.3. The fourth-order valence-electron chi connectivity index (χ4n) is 1.64. The molecule has 0 aromatic heterocycles. The van der Waals surface area contributed by atoms with E-state index in [1.165, 1.54) is 17.0 Å². The van der Waals surface area contributed by atoms with Crippen molar-refractivity contribution < 1.29 is 23.1 Å². The summed E-state index contributed by atoms with van der Waals surface area (Å²) in [6, 6.07) is 4.51. The zero-order valence-corrected chi connectivity index (χ0v) is 11.3. The number of likely N-dealkylation sites (N-methyl/N-ethyl adjacent to an activating group) is 1. The van der Waals surface area contributed by atoms with Crippen LogP contribution in [0.15, 0.2) is 30.3 Å². The quantitative estimate of drug-likeness (QED) is 0.850. The van der Waals surface area contributed by atoms with Gasteiger partial charge in [-0.15, -0.1) is 6.42 Å². The van der Waals surface area contributed by atoms with E-state index in [0.717, 1.165) is 12.1 Å². The van der Waals surface area contributed by atoms with Gasteiger partial charge in [0.1, 0.15) is 0 Å². The number of rotatable bonds is 5. The van der Waals surface area contributed by atoms with Gasteiger partial charge in [-0.2, -0.15) is 13.2 Å². The number of carboxylic acid groups (broad SMARTS) is 1. The molecule has 0 aliphatic heterocycles. The molecule has 0 fully saturated rings. The Labute approximate surface area is 120 Å². The van der Waals surface area contributed by atoms with Crippen LogP contribution >= 0.6 is 0 Å². The lowest BCUT2D eigenvalue weighted by atomic mass is 10.0. The average Bonchev–Trinajstić information content (AvgIpc) is 2.38. The Bertz CT molecular complexity index is 568. The Morgan fingerprint density at radius 3 is 2.38 bits per heavy atom. The van der Waals surface area contributed by atoms with Crippen LogP contribution in [0, 0.1) is 12.3 Å². The first-order valence-corrected chi connectivity index (χ1v) is 5.98. The maximum Gasteiger partial charge on any atom is 0.416 e. The van der Waals surface area contributed by atoms with Gasteiger partial charge in [0, 0.05) is 12.1 Å². The van der Waals surface area contributed by atoms with E-state index in [-0.39, 0.29) is 13.1 Å². The molecular weight excluding hydrogens is 283 g/mol. The van der Waals surface area contributed by atoms with Gasteiger partial charge < -0.3 is 5.11 Å². The summed E-state index contributed by atoms with van der Waals surface area (Å²) in [6.07, 6.45) is 2.55. The molecule has 0 aliphatic carbocycles. The minimum absolute atomic E-state index is 0.151. The van der Waals surface area contributed by atoms with Crippen LogP contribution in [0.4, 0.5) is 13.2 Å². The molecule has 0 spiro atoms. The maximum absolute atomic E-state index is 12.5. The van der Waals surface area contributed by atoms with Gasteiger partial charge in [-0.05, 0) is 24.7 Å². The van der Waals surface area contributed by atoms with E-state index < -0.39 is 17.7 Å². The molecule has 0 saturated heterocycles. The van der Waals surface area contributed by atoms with E-state index in [2.05, 4.69) is 5.92 Å². The summed E-state index contributed by atoms with van der Waals surface area (Å²) in [5.74, 6) is 1.42. The number of carbonyl (C=O) groups is 1. The van der Waals surface area contributed by atoms with Crippen LogP contribution in [0.25, 0.3) is 5.57 Å². The molecule has 3 nitrogen and oxygen atoms in total. The molecule has 0 aliphatic rings. The predicted molar refractivity (Wildman–Crippen MR) is 73.4 cm³/mol. The number of terminal acetylenes is 1. The third-order valence-corrected chi connectivity index (χ3v) is 2.69. The van der Waals surface area contributed by atoms with Crippen LogP contribution < -0.4 is 0 Å². The third-order valence-electron chi connectivity index (χ3n) is 2.69. The molecule has 1 rings (SSSR count). The molecule has 0 amide bonds. The Morgan fingerprint density at radius 2 is 1.95 bits per heavy atom. The van der Waals surface area contributed by atoms with Crippen molar-refractivity contribution in [2.24, 2.45) is 0 Å². The largest absolute Gasteiger partial charge is 0.480 e. The van der Waals surface area contributed by atoms with Gasteiger partial charge >= 0.3 is 12.1 Å². The van der Waals surface area contributed by atoms with Crippen molar-refractivity contribution in [3.05, 3.63) is 41.5 Å². The van der Waals surface area contributed by atoms with Crippen LogP contribution in [-0.2, 0) is 11.0 Å². The van der Waals surface area contributed by atoms with E-state index >= 15 is 0 Å². The first-order valence-electron chi connectivity index (χ1n) is 5.98. The van der Waals surface area contributed by atoms with Crippen LogP contribution in [0.1, 0.15) is 11.1 Å². The molecule has 6 heteroatoms. The molecule has 1 aromatic carbocycles. The summed E-state index contributed by atoms with van der Waals surface area (Å²) < 4.78 is 37.4. The zero-order chi connectivity index (χ0) is 16.0. The van der Waals surface area contributed by atoms with E-state index in [1.807, 2.05) is 0 Å². The number of benzene rings is 1. The molecule has 0 atom stereocenters. The van der Waals surface area contributed by atoms with Crippen LogP contribution in [0.2, 0.25) is 0 Å². The fourth-order valence-corrected chi connectivity index (χ4v) is 1.64. The standard InChI is InChI=1S/C15H14F3NO2/c1-3-11(8-9-19(2)10-14(20)21)12-4-6-13(7-5-12)15(16,17)18/h1,4-8H,9-10H2,2H3,(H,20,21)/b11-8-. The van der Waals surface area contributed by atoms with Crippen molar-refractivity contribution in [2.75, 3.05) is 20.1 Å². The highest BCUT2D eigenvalue weighted by Gasteiger charge is 2.29. The fraction of sp³-hybridized carbons (Fsp3) is 0.267. The highest BCUT2D eigenvalue weighted by Crippen LogP contribution is 2.29. The number of carboxylic acids is 1. The van der Waals surface area contributed by atoms with Gasteiger partial charge in [0.05, 0.1) is 12.1 Å². The van der Waals surface area contributed by atoms with Crippen LogP contribution in [0.5, 0.6) is 0 Å². The predicted octanol–water partition coefficient (Wildman–Crippen LogP) is 2.74. The van der Waals surface area contributed by atoms with Gasteiger partial charge in [0.25, 0.3) is 0 Å². The number of aliphatic carboxylic acids is 1. The van der Waals surface area contributed by atoms with Crippen LogP contribution in [-0.4, -0.2) is 36.1 Å². The van der Waals surface area contributed by atoms with E-state index in [9.17, 15) is 18.0 Å². The lowest BCUT2D eigenvalue weighted by Gasteiger charge is -2.12. The smallest absolute Gasteiger partial charge is 0.416 e. The molecule has 0 unspecified atom stereocenters. The molecule has 0 radical (unpaired) electrons. The molecule has 0 bridgehead atoms. The minimum Gasteiger partial charge on any atom is -0.480 e. The summed E-state index contributed by atoms with van der Waals surface area (Å²) in [4.78, 5) is 12.0. The van der Waals surface area contributed by atoms with Gasteiger partial charge in [-0.25, -0.2) is 0 Å². The van der Waals surface area contributed by atoms with Gasteiger partial charge in [0.15, 0.2) is 0 Å². The SMILES string of the molecule is C#C/C(=C/CN(C)CC(=O)O)c1ccc(C(F)(F)F)cc1. The second-order valence-electron chi connectivity index (χ2n) is 4.43. The number of alkyl halides is 3. The topological polar surface area (TPSA) is 40.5 Å². The van der Waals surface area contributed by atoms with Crippen molar-refractivity contribution in [3.8, 4) is 12.3 Å². The molecule has 0 heterocycles. The van der Waals surface area contributed by atoms with Crippen molar-refractivity contribution >= 4 is 11.5 Å². The van der Waals surface area contributed by atoms with Crippen LogP contribution in [0.3, 0.4) is 0 Å². The first-order chi connectivity index (χ1) is 9.74. The first kappa shape index (κ1) is 16.8. The Balaban J connectivity index is 2.86. The van der Waals surface area contributed by atoms with Crippen molar-refractivity contribution in [1.82, 2.24) is 4.90 Å². The van der Waals surface area contributed by atoms with E-state index in [1.54, 1.807) is 13.1 Å². The highest BCUT2D eigenvalue weighted by atomic mass is 19.4. The second-order valence-corrected chi connectivity index (χ2v) is 4.43. The molecule has 0 saturated carbocycles. The van der Waals surface area contributed by atoms with E-state index in [0.29, 0.717) is 11.1 Å². The number of nitrogens with zero attached hydrogens (tertiary/aromatic N) is 1. The molecule has 112 valence electrons. The number of hydrogen-bond donors (Lipinski definition) is 1. The van der Waals surface area contributed by atoms with Crippen molar-refractivity contribution in [3.63, 3.8) is 0 Å². The summed E-state index contributed by atoms with van der Waals surface area (Å²) in [7, 11) is 1.60. The maximum atomic E-state index is 12.5. The summed E-state index contributed by atoms with van der Waals surface area (Å²) in [5, 5.41) is 8.62. The Kier molecular flexibility index (Phi) is 5.56. The molecule has 1 N–H and O–H groups in total. The monoisotopic (exact) mass is 297 g/mol. The summed E-state index contributed by atoms with van der Waals surface area (Å²) in [6.45, 7) is 0.133. The van der Waals surface area contributed by atoms with Gasteiger partial charge in [0.2, 0.25) is 0 Å². The summed E-state index contributed by atoms with van der Waals surface area (Å²) in [5.41, 5.74) is 0.154. The molecule has 1 aromatic rings. The molecular formula is C15H14F3NO2. The molecule has 21 heavy (non-hydrogen) atoms. The second kappa shape index (κ2) is 6.95. The normalized spacial score (nSPS) is 12.3.